The molecule has 0 N–H and O–H groups in total. The van der Waals surface area contributed by atoms with Gasteiger partial charge in [-0.3, -0.25) is 0 Å². The monoisotopic (exact) mass is 320 g/mol. The van der Waals surface area contributed by atoms with Crippen LogP contribution >= 0.6 is 31.9 Å². The van der Waals surface area contributed by atoms with Crippen LogP contribution in [0.15, 0.2) is 34.8 Å². The van der Waals surface area contributed by atoms with Crippen molar-refractivity contribution in [3.63, 3.8) is 0 Å². The van der Waals surface area contributed by atoms with Crippen molar-refractivity contribution >= 4 is 31.9 Å². The van der Waals surface area contributed by atoms with Gasteiger partial charge in [0.2, 0.25) is 0 Å². The van der Waals surface area contributed by atoms with E-state index in [1.54, 1.807) is 12.1 Å². The molecule has 1 aromatic carbocycles. The number of alkyl halides is 1. The van der Waals surface area contributed by atoms with Gasteiger partial charge < -0.3 is 0 Å². The zero-order valence-electron chi connectivity index (χ0n) is 7.64. The third-order valence-electron chi connectivity index (χ3n) is 1.79. The number of rotatable bonds is 4. The number of allylic oxidation sites excluding steroid dienone is 2. The summed E-state index contributed by atoms with van der Waals surface area (Å²) in [7, 11) is 0. The quantitative estimate of drug-likeness (QED) is 0.567. The van der Waals surface area contributed by atoms with Crippen molar-refractivity contribution in [3.8, 4) is 0 Å². The van der Waals surface area contributed by atoms with Gasteiger partial charge in [-0.25, -0.2) is 4.39 Å². The Morgan fingerprint density at radius 1 is 1.29 bits per heavy atom. The van der Waals surface area contributed by atoms with E-state index in [1.807, 2.05) is 0 Å². The lowest BCUT2D eigenvalue weighted by Crippen LogP contribution is -1.85. The summed E-state index contributed by atoms with van der Waals surface area (Å²) in [6, 6.07) is 4.75. The second-order valence-corrected chi connectivity index (χ2v) is 4.54. The predicted molar refractivity (Wildman–Crippen MR) is 65.4 cm³/mol. The standard InChI is InChI=1S/C11H11Br2F/c12-7-3-1-2-4-9-8-10(14)5-6-11(9)13/h1-2,5-6,8H,3-4,7H2. The van der Waals surface area contributed by atoms with Crippen LogP contribution in [0, 0.1) is 5.82 Å². The molecule has 0 saturated heterocycles. The van der Waals surface area contributed by atoms with E-state index in [4.69, 9.17) is 0 Å². The molecule has 0 aliphatic carbocycles. The first-order chi connectivity index (χ1) is 6.74. The summed E-state index contributed by atoms with van der Waals surface area (Å²) in [6.07, 6.45) is 5.92. The third-order valence-corrected chi connectivity index (χ3v) is 3.02. The van der Waals surface area contributed by atoms with Gasteiger partial charge in [0.05, 0.1) is 0 Å². The normalized spacial score (nSPS) is 11.1. The van der Waals surface area contributed by atoms with Gasteiger partial charge in [-0.05, 0) is 36.6 Å². The first kappa shape index (κ1) is 11.9. The Kier molecular flexibility index (Phi) is 5.41. The lowest BCUT2D eigenvalue weighted by atomic mass is 10.1. The molecule has 14 heavy (non-hydrogen) atoms. The molecule has 0 aromatic heterocycles. The fourth-order valence-electron chi connectivity index (χ4n) is 1.09. The Morgan fingerprint density at radius 3 is 2.79 bits per heavy atom. The van der Waals surface area contributed by atoms with E-state index in [0.717, 1.165) is 28.2 Å². The molecule has 0 heterocycles. The van der Waals surface area contributed by atoms with Crippen molar-refractivity contribution in [2.24, 2.45) is 0 Å². The number of halogens is 3. The Hall–Kier alpha value is -0.150. The molecule has 0 saturated carbocycles. The molecule has 0 bridgehead atoms. The average Bonchev–Trinajstić information content (AvgIpc) is 2.18. The van der Waals surface area contributed by atoms with Crippen LogP contribution < -0.4 is 0 Å². The second kappa shape index (κ2) is 6.36. The maximum absolute atomic E-state index is 12.9. The summed E-state index contributed by atoms with van der Waals surface area (Å²) < 4.78 is 13.8. The van der Waals surface area contributed by atoms with Crippen LogP contribution in [0.2, 0.25) is 0 Å². The number of benzene rings is 1. The average molecular weight is 322 g/mol. The van der Waals surface area contributed by atoms with Crippen LogP contribution in [0.3, 0.4) is 0 Å². The molecular formula is C11H11Br2F. The van der Waals surface area contributed by atoms with E-state index in [2.05, 4.69) is 44.0 Å². The molecule has 0 spiro atoms. The number of hydrogen-bond acceptors (Lipinski definition) is 0. The van der Waals surface area contributed by atoms with E-state index in [1.165, 1.54) is 6.07 Å². The molecule has 3 heteroatoms. The maximum Gasteiger partial charge on any atom is 0.123 e. The summed E-state index contributed by atoms with van der Waals surface area (Å²) in [5.41, 5.74) is 0.982. The van der Waals surface area contributed by atoms with E-state index in [9.17, 15) is 4.39 Å². The van der Waals surface area contributed by atoms with Gasteiger partial charge in [-0.2, -0.15) is 0 Å². The van der Waals surface area contributed by atoms with Crippen LogP contribution in [0.5, 0.6) is 0 Å². The summed E-state index contributed by atoms with van der Waals surface area (Å²) in [5.74, 6) is -0.183. The fraction of sp³-hybridized carbons (Fsp3) is 0.273. The van der Waals surface area contributed by atoms with Crippen molar-refractivity contribution in [2.75, 3.05) is 5.33 Å². The predicted octanol–water partition coefficient (Wildman–Crippen LogP) is 4.47. The fourth-order valence-corrected chi connectivity index (χ4v) is 1.76. The van der Waals surface area contributed by atoms with E-state index in [0.29, 0.717) is 0 Å². The molecule has 0 radical (unpaired) electrons. The molecule has 1 rings (SSSR count). The smallest absolute Gasteiger partial charge is 0.123 e. The van der Waals surface area contributed by atoms with E-state index in [-0.39, 0.29) is 5.82 Å². The Balaban J connectivity index is 2.62. The zero-order valence-corrected chi connectivity index (χ0v) is 10.8. The Bertz CT molecular complexity index is 321. The minimum absolute atomic E-state index is 0.183. The van der Waals surface area contributed by atoms with Gasteiger partial charge >= 0.3 is 0 Å². The van der Waals surface area contributed by atoms with Crippen LogP contribution in [0.25, 0.3) is 0 Å². The van der Waals surface area contributed by atoms with Crippen LogP contribution in [0.4, 0.5) is 4.39 Å². The third kappa shape index (κ3) is 3.93. The van der Waals surface area contributed by atoms with Gasteiger partial charge in [0, 0.05) is 9.80 Å². The minimum atomic E-state index is -0.183. The number of hydrogen-bond donors (Lipinski definition) is 0. The molecular weight excluding hydrogens is 311 g/mol. The van der Waals surface area contributed by atoms with Gasteiger partial charge in [-0.1, -0.05) is 44.0 Å². The van der Waals surface area contributed by atoms with Crippen LogP contribution in [0.1, 0.15) is 12.0 Å². The highest BCUT2D eigenvalue weighted by Gasteiger charge is 1.98. The Labute approximate surface area is 100 Å². The highest BCUT2D eigenvalue weighted by atomic mass is 79.9. The highest BCUT2D eigenvalue weighted by Crippen LogP contribution is 2.18. The lowest BCUT2D eigenvalue weighted by molar-refractivity contribution is 0.625. The highest BCUT2D eigenvalue weighted by molar-refractivity contribution is 9.10. The summed E-state index contributed by atoms with van der Waals surface area (Å²) >= 11 is 6.73. The summed E-state index contributed by atoms with van der Waals surface area (Å²) in [4.78, 5) is 0. The molecule has 0 aliphatic heterocycles. The molecule has 0 unspecified atom stereocenters. The van der Waals surface area contributed by atoms with Crippen molar-refractivity contribution in [1.82, 2.24) is 0 Å². The molecule has 76 valence electrons. The molecule has 0 fully saturated rings. The van der Waals surface area contributed by atoms with Gasteiger partial charge in [0.15, 0.2) is 0 Å². The Morgan fingerprint density at radius 2 is 2.07 bits per heavy atom. The SMILES string of the molecule is Fc1ccc(Br)c(CC=CCCBr)c1. The molecule has 0 amide bonds. The van der Waals surface area contributed by atoms with Crippen molar-refractivity contribution in [2.45, 2.75) is 12.8 Å². The molecule has 0 atom stereocenters. The largest absolute Gasteiger partial charge is 0.207 e. The van der Waals surface area contributed by atoms with E-state index >= 15 is 0 Å². The minimum Gasteiger partial charge on any atom is -0.207 e. The van der Waals surface area contributed by atoms with Gasteiger partial charge in [0.25, 0.3) is 0 Å². The van der Waals surface area contributed by atoms with Crippen molar-refractivity contribution in [1.29, 1.82) is 0 Å². The van der Waals surface area contributed by atoms with Crippen LogP contribution in [-0.4, -0.2) is 5.33 Å². The maximum atomic E-state index is 12.9. The van der Waals surface area contributed by atoms with Gasteiger partial charge in [0.1, 0.15) is 5.82 Å². The van der Waals surface area contributed by atoms with Gasteiger partial charge in [-0.15, -0.1) is 0 Å². The van der Waals surface area contributed by atoms with Crippen molar-refractivity contribution < 1.29 is 4.39 Å². The molecule has 0 aliphatic rings. The molecule has 0 nitrogen and oxygen atoms in total. The van der Waals surface area contributed by atoms with E-state index < -0.39 is 0 Å². The first-order valence-corrected chi connectivity index (χ1v) is 6.30. The topological polar surface area (TPSA) is 0 Å². The van der Waals surface area contributed by atoms with Crippen LogP contribution in [-0.2, 0) is 6.42 Å². The summed E-state index contributed by atoms with van der Waals surface area (Å²) in [5, 5.41) is 0.966. The summed E-state index contributed by atoms with van der Waals surface area (Å²) in [6.45, 7) is 0. The second-order valence-electron chi connectivity index (χ2n) is 2.89. The lowest BCUT2D eigenvalue weighted by Gasteiger charge is -2.00. The molecule has 1 aromatic rings. The zero-order chi connectivity index (χ0) is 10.4. The van der Waals surface area contributed by atoms with Crippen molar-refractivity contribution in [3.05, 3.63) is 46.2 Å². The first-order valence-electron chi connectivity index (χ1n) is 4.39.